The number of benzene rings is 2. The molecule has 28 heavy (non-hydrogen) atoms. The Hall–Kier alpha value is -2.14. The van der Waals surface area contributed by atoms with Crippen LogP contribution in [0.4, 0.5) is 5.69 Å². The van der Waals surface area contributed by atoms with E-state index in [2.05, 4.69) is 6.92 Å². The number of hydrogen-bond acceptors (Lipinski definition) is 3. The normalized spacial score (nSPS) is 14.2. The number of hydrogen-bond donors (Lipinski definition) is 0. The summed E-state index contributed by atoms with van der Waals surface area (Å²) in [7, 11) is 1.66. The van der Waals surface area contributed by atoms with Crippen molar-refractivity contribution in [1.82, 2.24) is 4.98 Å². The van der Waals surface area contributed by atoms with Gasteiger partial charge in [0, 0.05) is 39.4 Å². The van der Waals surface area contributed by atoms with Gasteiger partial charge in [-0.25, -0.2) is 0 Å². The summed E-state index contributed by atoms with van der Waals surface area (Å²) in [4.78, 5) is 19.8. The molecule has 0 spiro atoms. The minimum absolute atomic E-state index is 0.00921. The van der Waals surface area contributed by atoms with Crippen LogP contribution in [0.1, 0.15) is 29.4 Å². The number of aromatic nitrogens is 1. The van der Waals surface area contributed by atoms with E-state index in [4.69, 9.17) is 32.9 Å². The van der Waals surface area contributed by atoms with Crippen molar-refractivity contribution in [3.05, 3.63) is 57.7 Å². The van der Waals surface area contributed by atoms with Gasteiger partial charge in [-0.1, -0.05) is 42.3 Å². The fourth-order valence-corrected chi connectivity index (χ4v) is 4.42. The summed E-state index contributed by atoms with van der Waals surface area (Å²) in [6.45, 7) is 4.48. The molecule has 0 unspecified atom stereocenters. The molecule has 0 saturated heterocycles. The number of methoxy groups -OCH3 is 1. The lowest BCUT2D eigenvalue weighted by Gasteiger charge is -2.27. The maximum Gasteiger partial charge on any atom is 0.259 e. The number of amides is 1. The van der Waals surface area contributed by atoms with Gasteiger partial charge in [0.25, 0.3) is 5.91 Å². The molecule has 0 N–H and O–H groups in total. The van der Waals surface area contributed by atoms with Crippen LogP contribution in [0.15, 0.2) is 36.4 Å². The van der Waals surface area contributed by atoms with Crippen LogP contribution in [0.5, 0.6) is 0 Å². The van der Waals surface area contributed by atoms with Gasteiger partial charge in [0.1, 0.15) is 0 Å². The molecule has 1 amide bonds. The van der Waals surface area contributed by atoms with E-state index in [0.29, 0.717) is 22.2 Å². The highest BCUT2D eigenvalue weighted by Crippen LogP contribution is 2.43. The van der Waals surface area contributed by atoms with Gasteiger partial charge in [-0.2, -0.15) is 0 Å². The average molecular weight is 415 g/mol. The van der Waals surface area contributed by atoms with Crippen molar-refractivity contribution in [2.75, 3.05) is 18.6 Å². The second-order valence-electron chi connectivity index (χ2n) is 6.98. The Bertz CT molecular complexity index is 1100. The third-order valence-corrected chi connectivity index (χ3v) is 5.74. The van der Waals surface area contributed by atoms with Gasteiger partial charge in [-0.05, 0) is 37.6 Å². The standard InChI is InChI=1S/C22H20Cl2N2O2/c1-4-14(11-28-3)26-19-9-12(2)25-21-16(7-8-17(20(19)21)22(26)27)15-6-5-13(23)10-18(15)24/h5-10,14H,4,11H2,1-3H3/t14-/m0/s1. The molecule has 0 aliphatic carbocycles. The number of rotatable bonds is 5. The first-order valence-electron chi connectivity index (χ1n) is 9.18. The molecule has 1 aromatic heterocycles. The summed E-state index contributed by atoms with van der Waals surface area (Å²) in [6.07, 6.45) is 0.798. The Kier molecular flexibility index (Phi) is 5.04. The summed E-state index contributed by atoms with van der Waals surface area (Å²) in [5.74, 6) is -0.00921. The molecule has 6 heteroatoms. The van der Waals surface area contributed by atoms with E-state index >= 15 is 0 Å². The summed E-state index contributed by atoms with van der Waals surface area (Å²) in [5, 5.41) is 2.00. The molecular weight excluding hydrogens is 395 g/mol. The number of halogens is 2. The predicted molar refractivity (Wildman–Crippen MR) is 115 cm³/mol. The van der Waals surface area contributed by atoms with Crippen LogP contribution < -0.4 is 4.90 Å². The second kappa shape index (κ2) is 7.36. The van der Waals surface area contributed by atoms with Crippen LogP contribution >= 0.6 is 23.2 Å². The van der Waals surface area contributed by atoms with Crippen molar-refractivity contribution in [2.24, 2.45) is 0 Å². The lowest BCUT2D eigenvalue weighted by Crippen LogP contribution is -2.40. The highest BCUT2D eigenvalue weighted by Gasteiger charge is 2.35. The first kappa shape index (κ1) is 19.2. The molecule has 4 rings (SSSR count). The second-order valence-corrected chi connectivity index (χ2v) is 7.83. The quantitative estimate of drug-likeness (QED) is 0.521. The van der Waals surface area contributed by atoms with Crippen molar-refractivity contribution < 1.29 is 9.53 Å². The Morgan fingerprint density at radius 1 is 1.11 bits per heavy atom. The lowest BCUT2D eigenvalue weighted by atomic mass is 9.98. The van der Waals surface area contributed by atoms with Gasteiger partial charge >= 0.3 is 0 Å². The third-order valence-electron chi connectivity index (χ3n) is 5.19. The fourth-order valence-electron chi connectivity index (χ4n) is 3.91. The van der Waals surface area contributed by atoms with Crippen molar-refractivity contribution in [2.45, 2.75) is 26.3 Å². The van der Waals surface area contributed by atoms with E-state index < -0.39 is 0 Å². The van der Waals surface area contributed by atoms with Crippen LogP contribution in [0.2, 0.25) is 10.0 Å². The number of pyridine rings is 1. The monoisotopic (exact) mass is 414 g/mol. The SMILES string of the molecule is CC[C@@H](COC)N1C(=O)c2ccc(-c3ccc(Cl)cc3Cl)c3nc(C)cc1c23. The van der Waals surface area contributed by atoms with E-state index in [-0.39, 0.29) is 11.9 Å². The van der Waals surface area contributed by atoms with E-state index in [1.807, 2.05) is 42.2 Å². The van der Waals surface area contributed by atoms with E-state index in [1.165, 1.54) is 0 Å². The molecule has 2 aromatic carbocycles. The van der Waals surface area contributed by atoms with Crippen molar-refractivity contribution in [3.8, 4) is 11.1 Å². The van der Waals surface area contributed by atoms with Gasteiger partial charge in [0.2, 0.25) is 0 Å². The van der Waals surface area contributed by atoms with Gasteiger partial charge in [0.15, 0.2) is 0 Å². The minimum atomic E-state index is -0.0301. The number of nitrogens with zero attached hydrogens (tertiary/aromatic N) is 2. The third kappa shape index (κ3) is 2.96. The number of aryl methyl sites for hydroxylation is 1. The molecular formula is C22H20Cl2N2O2. The van der Waals surface area contributed by atoms with Crippen molar-refractivity contribution in [1.29, 1.82) is 0 Å². The predicted octanol–water partition coefficient (Wildman–Crippen LogP) is 5.90. The minimum Gasteiger partial charge on any atom is -0.383 e. The van der Waals surface area contributed by atoms with E-state index in [9.17, 15) is 4.79 Å². The number of ether oxygens (including phenoxy) is 1. The lowest BCUT2D eigenvalue weighted by molar-refractivity contribution is 0.0957. The number of anilines is 1. The molecule has 0 radical (unpaired) electrons. The highest BCUT2D eigenvalue weighted by atomic mass is 35.5. The summed E-state index contributed by atoms with van der Waals surface area (Å²) < 4.78 is 5.36. The fraction of sp³-hybridized carbons (Fsp3) is 0.273. The first-order valence-corrected chi connectivity index (χ1v) is 9.94. The summed E-state index contributed by atoms with van der Waals surface area (Å²) in [5.41, 5.74) is 4.91. The molecule has 3 aromatic rings. The Labute approximate surface area is 174 Å². The maximum absolute atomic E-state index is 13.2. The van der Waals surface area contributed by atoms with E-state index in [0.717, 1.165) is 39.8 Å². The average Bonchev–Trinajstić information content (AvgIpc) is 2.93. The molecule has 144 valence electrons. The van der Waals surface area contributed by atoms with Crippen LogP contribution in [0, 0.1) is 6.92 Å². The van der Waals surface area contributed by atoms with Crippen molar-refractivity contribution in [3.63, 3.8) is 0 Å². The maximum atomic E-state index is 13.2. The number of carbonyl (C=O) groups is 1. The van der Waals surface area contributed by atoms with Crippen LogP contribution in [-0.2, 0) is 4.74 Å². The van der Waals surface area contributed by atoms with Crippen molar-refractivity contribution >= 4 is 45.7 Å². The van der Waals surface area contributed by atoms with Crippen LogP contribution in [0.3, 0.4) is 0 Å². The largest absolute Gasteiger partial charge is 0.383 e. The van der Waals surface area contributed by atoms with Crippen LogP contribution in [0.25, 0.3) is 22.0 Å². The number of carbonyl (C=O) groups excluding carboxylic acids is 1. The summed E-state index contributed by atoms with van der Waals surface area (Å²) in [6, 6.07) is 11.1. The Morgan fingerprint density at radius 3 is 2.50 bits per heavy atom. The highest BCUT2D eigenvalue weighted by molar-refractivity contribution is 6.37. The van der Waals surface area contributed by atoms with Gasteiger partial charge in [0.05, 0.1) is 29.4 Å². The van der Waals surface area contributed by atoms with Gasteiger partial charge < -0.3 is 9.64 Å². The topological polar surface area (TPSA) is 42.4 Å². The molecule has 1 atom stereocenters. The van der Waals surface area contributed by atoms with E-state index in [1.54, 1.807) is 13.2 Å². The van der Waals surface area contributed by atoms with Crippen LogP contribution in [-0.4, -0.2) is 30.6 Å². The zero-order chi connectivity index (χ0) is 20.0. The zero-order valence-electron chi connectivity index (χ0n) is 15.9. The van der Waals surface area contributed by atoms with Gasteiger partial charge in [-0.15, -0.1) is 0 Å². The molecule has 1 aliphatic rings. The Balaban J connectivity index is 1.99. The summed E-state index contributed by atoms with van der Waals surface area (Å²) >= 11 is 12.5. The molecule has 0 saturated carbocycles. The molecule has 1 aliphatic heterocycles. The van der Waals surface area contributed by atoms with Gasteiger partial charge in [-0.3, -0.25) is 9.78 Å². The smallest absolute Gasteiger partial charge is 0.259 e. The molecule has 2 heterocycles. The molecule has 0 bridgehead atoms. The molecule has 4 nitrogen and oxygen atoms in total. The zero-order valence-corrected chi connectivity index (χ0v) is 17.4. The molecule has 0 fully saturated rings. The Morgan fingerprint density at radius 2 is 1.82 bits per heavy atom. The first-order chi connectivity index (χ1) is 13.5.